The van der Waals surface area contributed by atoms with Crippen molar-refractivity contribution in [2.45, 2.75) is 42.6 Å². The van der Waals surface area contributed by atoms with Crippen molar-refractivity contribution in [1.29, 1.82) is 0 Å². The Morgan fingerprint density at radius 1 is 0.921 bits per heavy atom. The highest BCUT2D eigenvalue weighted by Crippen LogP contribution is 2.33. The summed E-state index contributed by atoms with van der Waals surface area (Å²) in [6.45, 7) is 3.07. The summed E-state index contributed by atoms with van der Waals surface area (Å²) in [5, 5.41) is 2.70. The Hall–Kier alpha value is -3.45. The van der Waals surface area contributed by atoms with Gasteiger partial charge in [-0.25, -0.2) is 21.6 Å². The van der Waals surface area contributed by atoms with E-state index in [1.54, 1.807) is 55.5 Å². The summed E-state index contributed by atoms with van der Waals surface area (Å²) < 4.78 is 66.8. The minimum Gasteiger partial charge on any atom is -0.454 e. The van der Waals surface area contributed by atoms with Crippen LogP contribution in [0.15, 0.2) is 82.6 Å². The number of anilines is 1. The predicted octanol–water partition coefficient (Wildman–Crippen LogP) is 3.32. The number of hydrogen-bond acceptors (Lipinski definition) is 7. The van der Waals surface area contributed by atoms with Crippen LogP contribution >= 0.6 is 0 Å². The van der Waals surface area contributed by atoms with Crippen LogP contribution in [0.1, 0.15) is 25.8 Å². The van der Waals surface area contributed by atoms with Crippen LogP contribution in [0.5, 0.6) is 11.5 Å². The normalized spacial score (nSPS) is 13.9. The Labute approximate surface area is 222 Å². The SMILES string of the molecule is CCC(C)NS(=O)(=O)c1ccc(S(=O)(=O)N(CC(=O)Nc2ccccc2)Cc2ccc3c(c2)OCO3)cc1. The number of nitrogens with zero attached hydrogens (tertiary/aromatic N) is 1. The van der Waals surface area contributed by atoms with Crippen molar-refractivity contribution in [3.8, 4) is 11.5 Å². The molecule has 1 atom stereocenters. The number of amides is 1. The van der Waals surface area contributed by atoms with E-state index in [9.17, 15) is 21.6 Å². The summed E-state index contributed by atoms with van der Waals surface area (Å²) in [5.41, 5.74) is 1.11. The predicted molar refractivity (Wildman–Crippen MR) is 142 cm³/mol. The molecular weight excluding hydrogens is 530 g/mol. The molecule has 0 bridgehead atoms. The van der Waals surface area contributed by atoms with Gasteiger partial charge >= 0.3 is 0 Å². The van der Waals surface area contributed by atoms with Crippen molar-refractivity contribution in [3.05, 3.63) is 78.4 Å². The molecule has 4 rings (SSSR count). The summed E-state index contributed by atoms with van der Waals surface area (Å²) in [6, 6.07) is 18.4. The van der Waals surface area contributed by atoms with Crippen LogP contribution in [0.2, 0.25) is 0 Å². The van der Waals surface area contributed by atoms with Gasteiger partial charge in [0.1, 0.15) is 0 Å². The maximum atomic E-state index is 13.7. The largest absolute Gasteiger partial charge is 0.454 e. The van der Waals surface area contributed by atoms with E-state index in [2.05, 4.69) is 10.0 Å². The Balaban J connectivity index is 1.61. The van der Waals surface area contributed by atoms with Crippen molar-refractivity contribution in [2.24, 2.45) is 0 Å². The molecule has 3 aromatic carbocycles. The highest BCUT2D eigenvalue weighted by molar-refractivity contribution is 7.89. The van der Waals surface area contributed by atoms with E-state index in [1.807, 2.05) is 6.92 Å². The zero-order valence-electron chi connectivity index (χ0n) is 21.0. The maximum Gasteiger partial charge on any atom is 0.243 e. The third-order valence-corrected chi connectivity index (χ3v) is 9.33. The van der Waals surface area contributed by atoms with E-state index < -0.39 is 32.5 Å². The number of ether oxygens (including phenoxy) is 2. The van der Waals surface area contributed by atoms with Crippen molar-refractivity contribution in [1.82, 2.24) is 9.03 Å². The fourth-order valence-electron chi connectivity index (χ4n) is 3.71. The Morgan fingerprint density at radius 3 is 2.26 bits per heavy atom. The minimum absolute atomic E-state index is 0.0547. The second-order valence-electron chi connectivity index (χ2n) is 8.78. The Bertz CT molecular complexity index is 1490. The zero-order valence-corrected chi connectivity index (χ0v) is 22.6. The lowest BCUT2D eigenvalue weighted by molar-refractivity contribution is -0.116. The number of para-hydroxylation sites is 1. The number of carbonyl (C=O) groups is 1. The molecule has 1 aliphatic heterocycles. The minimum atomic E-state index is -4.21. The summed E-state index contributed by atoms with van der Waals surface area (Å²) in [5.74, 6) is 0.502. The Kier molecular flexibility index (Phi) is 8.36. The lowest BCUT2D eigenvalue weighted by Crippen LogP contribution is -2.37. The molecule has 10 nitrogen and oxygen atoms in total. The first-order valence-electron chi connectivity index (χ1n) is 11.9. The summed E-state index contributed by atoms with van der Waals surface area (Å²) in [7, 11) is -8.02. The van der Waals surface area contributed by atoms with Gasteiger partial charge in [-0.15, -0.1) is 0 Å². The van der Waals surface area contributed by atoms with Crippen LogP contribution in [0.4, 0.5) is 5.69 Å². The Morgan fingerprint density at radius 2 is 1.58 bits per heavy atom. The van der Waals surface area contributed by atoms with Crippen molar-refractivity contribution < 1.29 is 31.1 Å². The summed E-state index contributed by atoms with van der Waals surface area (Å²) in [4.78, 5) is 12.6. The van der Waals surface area contributed by atoms with Gasteiger partial charge in [0, 0.05) is 18.3 Å². The zero-order chi connectivity index (χ0) is 27.3. The van der Waals surface area contributed by atoms with E-state index >= 15 is 0 Å². The number of fused-ring (bicyclic) bond motifs is 1. The van der Waals surface area contributed by atoms with Gasteiger partial charge in [0.2, 0.25) is 32.7 Å². The number of sulfonamides is 2. The number of rotatable bonds is 11. The average molecular weight is 560 g/mol. The van der Waals surface area contributed by atoms with Crippen molar-refractivity contribution >= 4 is 31.6 Å². The molecule has 0 saturated heterocycles. The molecule has 12 heteroatoms. The van der Waals surface area contributed by atoms with Gasteiger partial charge in [-0.2, -0.15) is 4.31 Å². The fourth-order valence-corrected chi connectivity index (χ4v) is 6.42. The van der Waals surface area contributed by atoms with Gasteiger partial charge in [0.15, 0.2) is 11.5 Å². The number of hydrogen-bond donors (Lipinski definition) is 2. The van der Waals surface area contributed by atoms with Gasteiger partial charge in [0.25, 0.3) is 0 Å². The molecule has 38 heavy (non-hydrogen) atoms. The molecule has 1 aliphatic rings. The summed E-state index contributed by atoms with van der Waals surface area (Å²) >= 11 is 0. The molecule has 1 unspecified atom stereocenters. The molecule has 1 amide bonds. The average Bonchev–Trinajstić information content (AvgIpc) is 3.36. The first-order chi connectivity index (χ1) is 18.1. The number of nitrogens with one attached hydrogen (secondary N) is 2. The molecule has 0 saturated carbocycles. The summed E-state index contributed by atoms with van der Waals surface area (Å²) in [6.07, 6.45) is 0.603. The van der Waals surface area contributed by atoms with Crippen LogP contribution in [0, 0.1) is 0 Å². The lowest BCUT2D eigenvalue weighted by Gasteiger charge is -2.22. The second kappa shape index (κ2) is 11.5. The van der Waals surface area contributed by atoms with Gasteiger partial charge in [-0.05, 0) is 67.4 Å². The molecule has 202 valence electrons. The number of benzene rings is 3. The van der Waals surface area contributed by atoms with E-state index in [-0.39, 0.29) is 29.2 Å². The van der Waals surface area contributed by atoms with Gasteiger partial charge < -0.3 is 14.8 Å². The molecule has 3 aromatic rings. The first kappa shape index (κ1) is 27.6. The second-order valence-corrected chi connectivity index (χ2v) is 12.4. The van der Waals surface area contributed by atoms with Crippen LogP contribution in [-0.2, 0) is 31.4 Å². The van der Waals surface area contributed by atoms with Crippen LogP contribution in [0.25, 0.3) is 0 Å². The van der Waals surface area contributed by atoms with E-state index in [1.165, 1.54) is 24.3 Å². The van der Waals surface area contributed by atoms with Crippen LogP contribution in [-0.4, -0.2) is 46.4 Å². The van der Waals surface area contributed by atoms with Crippen molar-refractivity contribution in [3.63, 3.8) is 0 Å². The monoisotopic (exact) mass is 559 g/mol. The maximum absolute atomic E-state index is 13.7. The molecule has 0 fully saturated rings. The molecule has 0 aromatic heterocycles. The van der Waals surface area contributed by atoms with E-state index in [0.29, 0.717) is 29.2 Å². The van der Waals surface area contributed by atoms with Gasteiger partial charge in [-0.3, -0.25) is 4.79 Å². The topological polar surface area (TPSA) is 131 Å². The molecule has 0 radical (unpaired) electrons. The molecule has 0 spiro atoms. The molecular formula is C26H29N3O7S2. The van der Waals surface area contributed by atoms with E-state index in [4.69, 9.17) is 9.47 Å². The molecule has 0 aliphatic carbocycles. The van der Waals surface area contributed by atoms with Gasteiger partial charge in [0.05, 0.1) is 16.3 Å². The fraction of sp³-hybridized carbons (Fsp3) is 0.269. The quantitative estimate of drug-likeness (QED) is 0.368. The standard InChI is InChI=1S/C26H29N3O7S2/c1-3-19(2)28-37(31,32)22-10-12-23(13-11-22)38(33,34)29(17-26(30)27-21-7-5-4-6-8-21)16-20-9-14-24-25(15-20)36-18-35-24/h4-15,19,28H,3,16-18H2,1-2H3,(H,27,30). The third kappa shape index (κ3) is 6.51. The van der Waals surface area contributed by atoms with Crippen molar-refractivity contribution in [2.75, 3.05) is 18.7 Å². The smallest absolute Gasteiger partial charge is 0.243 e. The highest BCUT2D eigenvalue weighted by Gasteiger charge is 2.28. The first-order valence-corrected chi connectivity index (χ1v) is 14.9. The lowest BCUT2D eigenvalue weighted by atomic mass is 10.2. The number of carbonyl (C=O) groups excluding carboxylic acids is 1. The molecule has 1 heterocycles. The highest BCUT2D eigenvalue weighted by atomic mass is 32.2. The third-order valence-electron chi connectivity index (χ3n) is 5.91. The van der Waals surface area contributed by atoms with Crippen LogP contribution in [0.3, 0.4) is 0 Å². The molecule has 2 N–H and O–H groups in total. The van der Waals surface area contributed by atoms with Crippen LogP contribution < -0.4 is 19.5 Å². The van der Waals surface area contributed by atoms with E-state index in [0.717, 1.165) is 4.31 Å². The van der Waals surface area contributed by atoms with Gasteiger partial charge in [-0.1, -0.05) is 31.2 Å².